The van der Waals surface area contributed by atoms with Gasteiger partial charge in [0.25, 0.3) is 0 Å². The molecule has 1 N–H and O–H groups in total. The standard InChI is InChI=1S/C24H29N3O3/c1-5-29-23(28)17(4)30-21-9-6-18(7-10-21)19-8-11-22-20(14-19)15-26-24(27-22)25-13-12-16(2)3/h6-11,14-17H,5,12-13H2,1-4H3,(H,25,26,27). The molecule has 1 unspecified atom stereocenters. The first-order valence-corrected chi connectivity index (χ1v) is 10.4. The predicted molar refractivity (Wildman–Crippen MR) is 120 cm³/mol. The SMILES string of the molecule is CCOC(=O)C(C)Oc1ccc(-c2ccc3nc(NCCC(C)C)ncc3c2)cc1. The van der Waals surface area contributed by atoms with Gasteiger partial charge in [-0.05, 0) is 61.6 Å². The van der Waals surface area contributed by atoms with E-state index in [0.29, 0.717) is 24.2 Å². The summed E-state index contributed by atoms with van der Waals surface area (Å²) in [6.45, 7) is 9.06. The van der Waals surface area contributed by atoms with Crippen molar-refractivity contribution in [1.29, 1.82) is 0 Å². The summed E-state index contributed by atoms with van der Waals surface area (Å²) in [6, 6.07) is 13.8. The third kappa shape index (κ3) is 5.69. The second-order valence-corrected chi connectivity index (χ2v) is 7.61. The van der Waals surface area contributed by atoms with Gasteiger partial charge in [0.05, 0.1) is 12.1 Å². The number of carbonyl (C=O) groups is 1. The molecule has 0 spiro atoms. The minimum atomic E-state index is -0.642. The number of fused-ring (bicyclic) bond motifs is 1. The number of benzene rings is 2. The first-order valence-electron chi connectivity index (χ1n) is 10.4. The molecule has 0 radical (unpaired) electrons. The van der Waals surface area contributed by atoms with Crippen LogP contribution >= 0.6 is 0 Å². The number of aromatic nitrogens is 2. The van der Waals surface area contributed by atoms with Crippen LogP contribution in [0.5, 0.6) is 5.75 Å². The van der Waals surface area contributed by atoms with Gasteiger partial charge in [-0.3, -0.25) is 0 Å². The number of nitrogens with zero attached hydrogens (tertiary/aromatic N) is 2. The molecule has 0 saturated carbocycles. The lowest BCUT2D eigenvalue weighted by molar-refractivity contribution is -0.150. The molecule has 0 amide bonds. The molecule has 6 heteroatoms. The molecule has 3 aromatic rings. The maximum Gasteiger partial charge on any atom is 0.347 e. The minimum Gasteiger partial charge on any atom is -0.479 e. The normalized spacial score (nSPS) is 12.0. The molecule has 0 saturated heterocycles. The highest BCUT2D eigenvalue weighted by atomic mass is 16.6. The molecule has 1 heterocycles. The lowest BCUT2D eigenvalue weighted by atomic mass is 10.0. The first kappa shape index (κ1) is 21.6. The average molecular weight is 408 g/mol. The van der Waals surface area contributed by atoms with E-state index in [4.69, 9.17) is 9.47 Å². The highest BCUT2D eigenvalue weighted by Crippen LogP contribution is 2.26. The molecule has 0 aliphatic heterocycles. The van der Waals surface area contributed by atoms with E-state index in [2.05, 4.69) is 35.2 Å². The number of nitrogens with one attached hydrogen (secondary N) is 1. The Kier molecular flexibility index (Phi) is 7.22. The minimum absolute atomic E-state index is 0.340. The van der Waals surface area contributed by atoms with E-state index in [1.165, 1.54) is 0 Å². The number of hydrogen-bond acceptors (Lipinski definition) is 6. The van der Waals surface area contributed by atoms with Crippen molar-refractivity contribution in [2.75, 3.05) is 18.5 Å². The number of hydrogen-bond donors (Lipinski definition) is 1. The van der Waals surface area contributed by atoms with E-state index in [1.807, 2.05) is 42.6 Å². The van der Waals surface area contributed by atoms with Gasteiger partial charge < -0.3 is 14.8 Å². The van der Waals surface area contributed by atoms with Gasteiger partial charge in [0.2, 0.25) is 5.95 Å². The fourth-order valence-corrected chi connectivity index (χ4v) is 3.01. The Labute approximate surface area is 177 Å². The first-order chi connectivity index (χ1) is 14.5. The van der Waals surface area contributed by atoms with Crippen LogP contribution in [-0.4, -0.2) is 35.2 Å². The van der Waals surface area contributed by atoms with Crippen molar-refractivity contribution in [2.24, 2.45) is 5.92 Å². The summed E-state index contributed by atoms with van der Waals surface area (Å²) in [5, 5.41) is 4.27. The third-order valence-corrected chi connectivity index (χ3v) is 4.70. The van der Waals surface area contributed by atoms with Crippen molar-refractivity contribution in [2.45, 2.75) is 40.2 Å². The molecule has 0 bridgehead atoms. The van der Waals surface area contributed by atoms with Crippen molar-refractivity contribution in [1.82, 2.24) is 9.97 Å². The Morgan fingerprint density at radius 2 is 1.80 bits per heavy atom. The number of ether oxygens (including phenoxy) is 2. The van der Waals surface area contributed by atoms with Gasteiger partial charge >= 0.3 is 5.97 Å². The molecule has 158 valence electrons. The number of anilines is 1. The van der Waals surface area contributed by atoms with Crippen molar-refractivity contribution in [3.8, 4) is 16.9 Å². The molecule has 30 heavy (non-hydrogen) atoms. The fourth-order valence-electron chi connectivity index (χ4n) is 3.01. The highest BCUT2D eigenvalue weighted by Gasteiger charge is 2.15. The average Bonchev–Trinajstić information content (AvgIpc) is 2.74. The smallest absolute Gasteiger partial charge is 0.347 e. The van der Waals surface area contributed by atoms with Gasteiger partial charge in [0.15, 0.2) is 6.10 Å². The zero-order valence-corrected chi connectivity index (χ0v) is 18.0. The molecular weight excluding hydrogens is 378 g/mol. The summed E-state index contributed by atoms with van der Waals surface area (Å²) in [7, 11) is 0. The van der Waals surface area contributed by atoms with Gasteiger partial charge in [0.1, 0.15) is 5.75 Å². The molecule has 2 aromatic carbocycles. The Hall–Kier alpha value is -3.15. The molecule has 0 fully saturated rings. The maximum absolute atomic E-state index is 11.7. The van der Waals surface area contributed by atoms with Crippen molar-refractivity contribution < 1.29 is 14.3 Å². The third-order valence-electron chi connectivity index (χ3n) is 4.70. The number of esters is 1. The fraction of sp³-hybridized carbons (Fsp3) is 0.375. The second-order valence-electron chi connectivity index (χ2n) is 7.61. The van der Waals surface area contributed by atoms with E-state index in [9.17, 15) is 4.79 Å². The summed E-state index contributed by atoms with van der Waals surface area (Å²) >= 11 is 0. The molecule has 1 atom stereocenters. The van der Waals surface area contributed by atoms with Crippen LogP contribution in [-0.2, 0) is 9.53 Å². The predicted octanol–water partition coefficient (Wildman–Crippen LogP) is 5.09. The van der Waals surface area contributed by atoms with Crippen LogP contribution < -0.4 is 10.1 Å². The van der Waals surface area contributed by atoms with Crippen LogP contribution in [0.3, 0.4) is 0 Å². The summed E-state index contributed by atoms with van der Waals surface area (Å²) in [5.41, 5.74) is 3.02. The van der Waals surface area contributed by atoms with E-state index < -0.39 is 6.10 Å². The van der Waals surface area contributed by atoms with Crippen molar-refractivity contribution in [3.05, 3.63) is 48.7 Å². The van der Waals surface area contributed by atoms with Gasteiger partial charge in [-0.2, -0.15) is 0 Å². The van der Waals surface area contributed by atoms with Gasteiger partial charge in [0, 0.05) is 18.1 Å². The summed E-state index contributed by atoms with van der Waals surface area (Å²) < 4.78 is 10.6. The van der Waals surface area contributed by atoms with E-state index >= 15 is 0 Å². The van der Waals surface area contributed by atoms with E-state index in [0.717, 1.165) is 35.0 Å². The topological polar surface area (TPSA) is 73.3 Å². The zero-order valence-electron chi connectivity index (χ0n) is 18.0. The molecule has 1 aromatic heterocycles. The van der Waals surface area contributed by atoms with Crippen LogP contribution in [0.4, 0.5) is 5.95 Å². The van der Waals surface area contributed by atoms with Crippen LogP contribution in [0.15, 0.2) is 48.7 Å². The molecular formula is C24H29N3O3. The monoisotopic (exact) mass is 407 g/mol. The van der Waals surface area contributed by atoms with Gasteiger partial charge in [-0.25, -0.2) is 14.8 Å². The quantitative estimate of drug-likeness (QED) is 0.498. The summed E-state index contributed by atoms with van der Waals surface area (Å²) in [5.74, 6) is 1.56. The Balaban J connectivity index is 1.69. The number of carbonyl (C=O) groups excluding carboxylic acids is 1. The molecule has 6 nitrogen and oxygen atoms in total. The molecule has 0 aliphatic carbocycles. The van der Waals surface area contributed by atoms with Crippen LogP contribution in [0.25, 0.3) is 22.0 Å². The Morgan fingerprint density at radius 1 is 1.07 bits per heavy atom. The Morgan fingerprint density at radius 3 is 2.50 bits per heavy atom. The summed E-state index contributed by atoms with van der Waals surface area (Å²) in [6.07, 6.45) is 2.29. The van der Waals surface area contributed by atoms with Crippen LogP contribution in [0.1, 0.15) is 34.1 Å². The van der Waals surface area contributed by atoms with Gasteiger partial charge in [-0.1, -0.05) is 32.0 Å². The molecule has 0 aliphatic rings. The maximum atomic E-state index is 11.7. The van der Waals surface area contributed by atoms with Gasteiger partial charge in [-0.15, -0.1) is 0 Å². The number of rotatable bonds is 9. The lowest BCUT2D eigenvalue weighted by Crippen LogP contribution is -2.25. The second kappa shape index (κ2) is 10.1. The van der Waals surface area contributed by atoms with Crippen molar-refractivity contribution >= 4 is 22.8 Å². The largest absolute Gasteiger partial charge is 0.479 e. The Bertz CT molecular complexity index is 987. The van der Waals surface area contributed by atoms with Crippen molar-refractivity contribution in [3.63, 3.8) is 0 Å². The zero-order chi connectivity index (χ0) is 21.5. The molecule has 3 rings (SSSR count). The van der Waals surface area contributed by atoms with Crippen LogP contribution in [0.2, 0.25) is 0 Å². The highest BCUT2D eigenvalue weighted by molar-refractivity contribution is 5.84. The summed E-state index contributed by atoms with van der Waals surface area (Å²) in [4.78, 5) is 20.7. The van der Waals surface area contributed by atoms with Crippen LogP contribution in [0, 0.1) is 5.92 Å². The van der Waals surface area contributed by atoms with E-state index in [1.54, 1.807) is 13.8 Å². The lowest BCUT2D eigenvalue weighted by Gasteiger charge is -2.13. The van der Waals surface area contributed by atoms with E-state index in [-0.39, 0.29) is 5.97 Å².